The van der Waals surface area contributed by atoms with E-state index in [-0.39, 0.29) is 0 Å². The largest absolute Gasteiger partial charge is 0.354 e. The summed E-state index contributed by atoms with van der Waals surface area (Å²) >= 11 is 0. The molecule has 0 spiro atoms. The summed E-state index contributed by atoms with van der Waals surface area (Å²) in [5.41, 5.74) is 9.84. The topological polar surface area (TPSA) is 12.0 Å². The zero-order chi connectivity index (χ0) is 18.1. The molecular formula is C25H25N. The molecule has 2 aromatic carbocycles. The number of rotatable bonds is 2. The minimum absolute atomic E-state index is 0.481. The van der Waals surface area contributed by atoms with Crippen molar-refractivity contribution in [2.45, 2.75) is 26.7 Å². The number of hydrogen-bond acceptors (Lipinski definition) is 1. The molecule has 0 bridgehead atoms. The fourth-order valence-corrected chi connectivity index (χ4v) is 3.68. The number of aryl methyl sites for hydroxylation is 1. The Kier molecular flexibility index (Phi) is 4.38. The van der Waals surface area contributed by atoms with Crippen LogP contribution in [0, 0.1) is 5.92 Å². The molecule has 0 fully saturated rings. The quantitative estimate of drug-likeness (QED) is 0.685. The van der Waals surface area contributed by atoms with Crippen LogP contribution in [0.3, 0.4) is 0 Å². The summed E-state index contributed by atoms with van der Waals surface area (Å²) < 4.78 is 0. The fourth-order valence-electron chi connectivity index (χ4n) is 3.68. The van der Waals surface area contributed by atoms with Crippen molar-refractivity contribution in [1.82, 2.24) is 5.32 Å². The van der Waals surface area contributed by atoms with Crippen LogP contribution >= 0.6 is 0 Å². The van der Waals surface area contributed by atoms with E-state index in [9.17, 15) is 0 Å². The third-order valence-electron chi connectivity index (χ3n) is 5.45. The monoisotopic (exact) mass is 339 g/mol. The molecule has 4 rings (SSSR count). The Balaban J connectivity index is 1.85. The van der Waals surface area contributed by atoms with Crippen molar-refractivity contribution >= 4 is 17.5 Å². The van der Waals surface area contributed by atoms with Gasteiger partial charge in [0.1, 0.15) is 0 Å². The highest BCUT2D eigenvalue weighted by molar-refractivity contribution is 5.95. The summed E-state index contributed by atoms with van der Waals surface area (Å²) in [7, 11) is 0. The van der Waals surface area contributed by atoms with Crippen molar-refractivity contribution in [3.05, 3.63) is 101 Å². The van der Waals surface area contributed by atoms with Gasteiger partial charge in [0.25, 0.3) is 0 Å². The Labute approximate surface area is 156 Å². The van der Waals surface area contributed by atoms with Crippen molar-refractivity contribution in [2.24, 2.45) is 5.92 Å². The average molecular weight is 339 g/mol. The molecule has 0 radical (unpaired) electrons. The summed E-state index contributed by atoms with van der Waals surface area (Å²) in [6, 6.07) is 17.4. The highest BCUT2D eigenvalue weighted by Crippen LogP contribution is 2.37. The molecule has 1 heterocycles. The van der Waals surface area contributed by atoms with E-state index < -0.39 is 0 Å². The molecule has 1 atom stereocenters. The molecule has 0 saturated heterocycles. The zero-order valence-corrected chi connectivity index (χ0v) is 15.5. The van der Waals surface area contributed by atoms with Gasteiger partial charge in [-0.3, -0.25) is 0 Å². The summed E-state index contributed by atoms with van der Waals surface area (Å²) in [5, 5.41) is 3.71. The van der Waals surface area contributed by atoms with Gasteiger partial charge in [0.2, 0.25) is 0 Å². The SMILES string of the molecule is C=C1/C(=C2\NC(c3ccc(CC)cc3)=Cc3ccccc32)C=CCC1C. The lowest BCUT2D eigenvalue weighted by Crippen LogP contribution is -2.19. The van der Waals surface area contributed by atoms with Gasteiger partial charge >= 0.3 is 0 Å². The first kappa shape index (κ1) is 16.7. The summed E-state index contributed by atoms with van der Waals surface area (Å²) in [6.45, 7) is 8.82. The van der Waals surface area contributed by atoms with Gasteiger partial charge in [0, 0.05) is 16.8 Å². The van der Waals surface area contributed by atoms with Crippen LogP contribution in [0.5, 0.6) is 0 Å². The van der Waals surface area contributed by atoms with E-state index in [1.807, 2.05) is 0 Å². The lowest BCUT2D eigenvalue weighted by molar-refractivity contribution is 0.695. The number of nitrogens with one attached hydrogen (secondary N) is 1. The zero-order valence-electron chi connectivity index (χ0n) is 15.5. The van der Waals surface area contributed by atoms with Crippen LogP contribution in [0.25, 0.3) is 17.5 Å². The van der Waals surface area contributed by atoms with Crippen LogP contribution in [-0.2, 0) is 6.42 Å². The van der Waals surface area contributed by atoms with Crippen molar-refractivity contribution in [3.8, 4) is 0 Å². The maximum absolute atomic E-state index is 4.38. The second-order valence-corrected chi connectivity index (χ2v) is 7.17. The molecule has 1 aliphatic carbocycles. The lowest BCUT2D eigenvalue weighted by Gasteiger charge is -2.28. The smallest absolute Gasteiger partial charge is 0.0540 e. The molecule has 1 N–H and O–H groups in total. The van der Waals surface area contributed by atoms with Crippen LogP contribution < -0.4 is 5.32 Å². The van der Waals surface area contributed by atoms with Crippen LogP contribution in [0.15, 0.2) is 78.4 Å². The van der Waals surface area contributed by atoms with Crippen LogP contribution in [0.1, 0.15) is 42.5 Å². The third kappa shape index (κ3) is 2.94. The molecular weight excluding hydrogens is 314 g/mol. The van der Waals surface area contributed by atoms with Gasteiger partial charge in [-0.2, -0.15) is 0 Å². The minimum atomic E-state index is 0.481. The standard InChI is InChI=1S/C25H25N/c1-4-19-12-14-20(15-13-19)24-16-21-9-5-6-10-23(21)25(26-24)22-11-7-8-17(2)18(22)3/h5-7,9-17,26H,3-4,8H2,1-2H3/b25-22-. The van der Waals surface area contributed by atoms with E-state index in [0.29, 0.717) is 5.92 Å². The predicted molar refractivity (Wildman–Crippen MR) is 112 cm³/mol. The molecule has 0 saturated carbocycles. The maximum atomic E-state index is 4.38. The minimum Gasteiger partial charge on any atom is -0.354 e. The molecule has 1 aliphatic heterocycles. The first-order valence-corrected chi connectivity index (χ1v) is 9.44. The average Bonchev–Trinajstić information content (AvgIpc) is 2.69. The Hall–Kier alpha value is -2.80. The van der Waals surface area contributed by atoms with Crippen LogP contribution in [-0.4, -0.2) is 0 Å². The van der Waals surface area contributed by atoms with Crippen molar-refractivity contribution in [3.63, 3.8) is 0 Å². The van der Waals surface area contributed by atoms with Crippen molar-refractivity contribution < 1.29 is 0 Å². The molecule has 1 unspecified atom stereocenters. The van der Waals surface area contributed by atoms with Gasteiger partial charge in [0.15, 0.2) is 0 Å². The number of allylic oxidation sites excluding steroid dienone is 4. The van der Waals surface area contributed by atoms with E-state index in [0.717, 1.165) is 18.5 Å². The van der Waals surface area contributed by atoms with Gasteiger partial charge in [-0.05, 0) is 47.1 Å². The van der Waals surface area contributed by atoms with Crippen molar-refractivity contribution in [1.29, 1.82) is 0 Å². The van der Waals surface area contributed by atoms with Crippen LogP contribution in [0.2, 0.25) is 0 Å². The van der Waals surface area contributed by atoms with E-state index in [2.05, 4.69) is 92.5 Å². The Bertz CT molecular complexity index is 938. The van der Waals surface area contributed by atoms with E-state index in [1.54, 1.807) is 0 Å². The number of fused-ring (bicyclic) bond motifs is 1. The predicted octanol–water partition coefficient (Wildman–Crippen LogP) is 6.21. The Morgan fingerprint density at radius 3 is 2.62 bits per heavy atom. The maximum Gasteiger partial charge on any atom is 0.0540 e. The second kappa shape index (κ2) is 6.84. The third-order valence-corrected chi connectivity index (χ3v) is 5.45. The molecule has 0 amide bonds. The molecule has 0 aromatic heterocycles. The molecule has 1 nitrogen and oxygen atoms in total. The van der Waals surface area contributed by atoms with Gasteiger partial charge in [-0.25, -0.2) is 0 Å². The number of benzene rings is 2. The first-order chi connectivity index (χ1) is 12.7. The van der Waals surface area contributed by atoms with Crippen molar-refractivity contribution in [2.75, 3.05) is 0 Å². The summed E-state index contributed by atoms with van der Waals surface area (Å²) in [5.74, 6) is 0.481. The highest BCUT2D eigenvalue weighted by atomic mass is 14.9. The van der Waals surface area contributed by atoms with E-state index in [1.165, 1.54) is 39.1 Å². The fraction of sp³-hybridized carbons (Fsp3) is 0.200. The van der Waals surface area contributed by atoms with E-state index in [4.69, 9.17) is 0 Å². The molecule has 2 aliphatic rings. The first-order valence-electron chi connectivity index (χ1n) is 9.44. The normalized spacial score (nSPS) is 21.8. The van der Waals surface area contributed by atoms with Gasteiger partial charge in [-0.1, -0.05) is 81.1 Å². The molecule has 130 valence electrons. The lowest BCUT2D eigenvalue weighted by atomic mass is 9.83. The number of hydrogen-bond donors (Lipinski definition) is 1. The van der Waals surface area contributed by atoms with Gasteiger partial charge < -0.3 is 5.32 Å². The molecule has 2 aromatic rings. The highest BCUT2D eigenvalue weighted by Gasteiger charge is 2.22. The van der Waals surface area contributed by atoms with E-state index >= 15 is 0 Å². The molecule has 1 heteroatoms. The summed E-state index contributed by atoms with van der Waals surface area (Å²) in [6.07, 6.45) is 8.87. The van der Waals surface area contributed by atoms with Gasteiger partial charge in [-0.15, -0.1) is 0 Å². The Morgan fingerprint density at radius 2 is 1.85 bits per heavy atom. The Morgan fingerprint density at radius 1 is 1.08 bits per heavy atom. The molecule has 26 heavy (non-hydrogen) atoms. The second-order valence-electron chi connectivity index (χ2n) is 7.17. The van der Waals surface area contributed by atoms with Gasteiger partial charge in [0.05, 0.1) is 5.70 Å². The summed E-state index contributed by atoms with van der Waals surface area (Å²) in [4.78, 5) is 0. The van der Waals surface area contributed by atoms with Crippen LogP contribution in [0.4, 0.5) is 0 Å².